The van der Waals surface area contributed by atoms with Gasteiger partial charge < -0.3 is 15.4 Å². The Hall–Kier alpha value is -1.71. The van der Waals surface area contributed by atoms with Crippen LogP contribution < -0.4 is 10.6 Å². The number of hydrogen-bond acceptors (Lipinski definition) is 4. The monoisotopic (exact) mass is 276 g/mol. The van der Waals surface area contributed by atoms with Crippen molar-refractivity contribution in [2.45, 2.75) is 45.6 Å². The number of esters is 1. The summed E-state index contributed by atoms with van der Waals surface area (Å²) in [6, 6.07) is 5.96. The molecule has 0 spiro atoms. The Balaban J connectivity index is 2.39. The Morgan fingerprint density at radius 1 is 1.35 bits per heavy atom. The van der Waals surface area contributed by atoms with Crippen molar-refractivity contribution in [3.05, 3.63) is 23.8 Å². The van der Waals surface area contributed by atoms with Gasteiger partial charge in [-0.1, -0.05) is 18.9 Å². The Labute approximate surface area is 120 Å². The first kappa shape index (κ1) is 14.7. The van der Waals surface area contributed by atoms with E-state index in [2.05, 4.69) is 11.8 Å². The average molecular weight is 276 g/mol. The van der Waals surface area contributed by atoms with Gasteiger partial charge in [-0.15, -0.1) is 0 Å². The summed E-state index contributed by atoms with van der Waals surface area (Å²) in [5, 5.41) is 0. The summed E-state index contributed by atoms with van der Waals surface area (Å²) in [6.45, 7) is 5.16. The molecule has 2 rings (SSSR count). The maximum Gasteiger partial charge on any atom is 0.340 e. The van der Waals surface area contributed by atoms with E-state index < -0.39 is 0 Å². The highest BCUT2D eigenvalue weighted by Gasteiger charge is 2.27. The van der Waals surface area contributed by atoms with E-state index >= 15 is 0 Å². The van der Waals surface area contributed by atoms with Crippen molar-refractivity contribution in [1.82, 2.24) is 0 Å². The molecule has 2 N–H and O–H groups in total. The maximum atomic E-state index is 12.1. The lowest BCUT2D eigenvalue weighted by molar-refractivity contribution is 0.0527. The minimum absolute atomic E-state index is 0.286. The second-order valence-corrected chi connectivity index (χ2v) is 5.19. The van der Waals surface area contributed by atoms with E-state index in [1.54, 1.807) is 6.07 Å². The van der Waals surface area contributed by atoms with Gasteiger partial charge in [0.1, 0.15) is 0 Å². The summed E-state index contributed by atoms with van der Waals surface area (Å²) >= 11 is 0. The van der Waals surface area contributed by atoms with Crippen molar-refractivity contribution in [2.75, 3.05) is 23.8 Å². The summed E-state index contributed by atoms with van der Waals surface area (Å²) in [4.78, 5) is 14.4. The molecule has 4 heteroatoms. The number of nitrogens with zero attached hydrogens (tertiary/aromatic N) is 1. The summed E-state index contributed by atoms with van der Waals surface area (Å²) in [5.74, 6) is -0.286. The molecule has 4 nitrogen and oxygen atoms in total. The molecule has 0 amide bonds. The first-order valence-corrected chi connectivity index (χ1v) is 7.51. The number of carbonyl (C=O) groups is 1. The molecule has 20 heavy (non-hydrogen) atoms. The highest BCUT2D eigenvalue weighted by Crippen LogP contribution is 2.34. The van der Waals surface area contributed by atoms with Gasteiger partial charge in [0.15, 0.2) is 0 Å². The molecule has 1 aliphatic carbocycles. The van der Waals surface area contributed by atoms with Crippen LogP contribution in [0, 0.1) is 0 Å². The van der Waals surface area contributed by atoms with Crippen LogP contribution in [0.4, 0.5) is 11.4 Å². The number of rotatable bonds is 5. The third-order valence-corrected chi connectivity index (χ3v) is 3.96. The molecule has 0 heterocycles. The Bertz CT molecular complexity index is 468. The lowest BCUT2D eigenvalue weighted by atomic mass is 10.1. The lowest BCUT2D eigenvalue weighted by Gasteiger charge is -2.32. The molecule has 0 aliphatic heterocycles. The van der Waals surface area contributed by atoms with Crippen molar-refractivity contribution in [2.24, 2.45) is 0 Å². The Morgan fingerprint density at radius 2 is 2.05 bits per heavy atom. The fourth-order valence-electron chi connectivity index (χ4n) is 3.07. The summed E-state index contributed by atoms with van der Waals surface area (Å²) in [6.07, 6.45) is 4.85. The minimum atomic E-state index is -0.286. The van der Waals surface area contributed by atoms with Gasteiger partial charge in [0.25, 0.3) is 0 Å². The predicted octanol–water partition coefficient (Wildman–Crippen LogP) is 3.21. The average Bonchev–Trinajstić information content (AvgIpc) is 2.95. The summed E-state index contributed by atoms with van der Waals surface area (Å²) < 4.78 is 5.16. The van der Waals surface area contributed by atoms with Crippen molar-refractivity contribution >= 4 is 17.3 Å². The Kier molecular flexibility index (Phi) is 4.88. The van der Waals surface area contributed by atoms with Gasteiger partial charge in [0.2, 0.25) is 0 Å². The zero-order chi connectivity index (χ0) is 14.5. The van der Waals surface area contributed by atoms with E-state index in [0.717, 1.165) is 12.2 Å². The van der Waals surface area contributed by atoms with Crippen molar-refractivity contribution in [3.63, 3.8) is 0 Å². The van der Waals surface area contributed by atoms with Crippen LogP contribution in [0.3, 0.4) is 0 Å². The second-order valence-electron chi connectivity index (χ2n) is 5.19. The van der Waals surface area contributed by atoms with Crippen LogP contribution in [0.5, 0.6) is 0 Å². The van der Waals surface area contributed by atoms with Crippen molar-refractivity contribution in [1.29, 1.82) is 0 Å². The van der Waals surface area contributed by atoms with Gasteiger partial charge in [-0.2, -0.15) is 0 Å². The van der Waals surface area contributed by atoms with E-state index in [1.165, 1.54) is 25.7 Å². The van der Waals surface area contributed by atoms with Gasteiger partial charge in [-0.05, 0) is 38.8 Å². The van der Waals surface area contributed by atoms with Crippen LogP contribution >= 0.6 is 0 Å². The fraction of sp³-hybridized carbons (Fsp3) is 0.562. The smallest absolute Gasteiger partial charge is 0.340 e. The van der Waals surface area contributed by atoms with Crippen LogP contribution in [0.15, 0.2) is 18.2 Å². The highest BCUT2D eigenvalue weighted by atomic mass is 16.5. The molecule has 1 saturated carbocycles. The number of nitrogen functional groups attached to an aromatic ring is 1. The molecule has 0 saturated heterocycles. The quantitative estimate of drug-likeness (QED) is 0.662. The molecule has 1 aliphatic rings. The largest absolute Gasteiger partial charge is 0.462 e. The number of anilines is 2. The normalized spacial score (nSPS) is 15.3. The third kappa shape index (κ3) is 2.89. The number of benzene rings is 1. The number of ether oxygens (including phenoxy) is 1. The molecule has 0 unspecified atom stereocenters. The second kappa shape index (κ2) is 6.64. The van der Waals surface area contributed by atoms with Crippen molar-refractivity contribution < 1.29 is 9.53 Å². The highest BCUT2D eigenvalue weighted by molar-refractivity contribution is 5.99. The zero-order valence-corrected chi connectivity index (χ0v) is 12.4. The van der Waals surface area contributed by atoms with Crippen LogP contribution in [0.1, 0.15) is 49.9 Å². The van der Waals surface area contributed by atoms with Crippen LogP contribution in [-0.4, -0.2) is 25.2 Å². The molecule has 1 aromatic rings. The maximum absolute atomic E-state index is 12.1. The third-order valence-electron chi connectivity index (χ3n) is 3.96. The van der Waals surface area contributed by atoms with Gasteiger partial charge in [0.05, 0.1) is 23.5 Å². The number of para-hydroxylation sites is 1. The SMILES string of the molecule is CCOC(=O)c1cccc(N)c1N(CC)C1CCCC1. The van der Waals surface area contributed by atoms with Gasteiger partial charge in [-0.3, -0.25) is 0 Å². The van der Waals surface area contributed by atoms with E-state index in [0.29, 0.717) is 23.9 Å². The van der Waals surface area contributed by atoms with Gasteiger partial charge >= 0.3 is 5.97 Å². The van der Waals surface area contributed by atoms with Crippen LogP contribution in [0.2, 0.25) is 0 Å². The molecular weight excluding hydrogens is 252 g/mol. The van der Waals surface area contributed by atoms with E-state index in [9.17, 15) is 4.79 Å². The number of carbonyl (C=O) groups excluding carboxylic acids is 1. The van der Waals surface area contributed by atoms with Crippen molar-refractivity contribution in [3.8, 4) is 0 Å². The standard InChI is InChI=1S/C16H24N2O2/c1-3-18(12-8-5-6-9-12)15-13(16(19)20-4-2)10-7-11-14(15)17/h7,10-12H,3-6,8-9,17H2,1-2H3. The molecule has 0 radical (unpaired) electrons. The first-order chi connectivity index (χ1) is 9.69. The van der Waals surface area contributed by atoms with E-state index in [1.807, 2.05) is 19.1 Å². The fourth-order valence-corrected chi connectivity index (χ4v) is 3.07. The minimum Gasteiger partial charge on any atom is -0.462 e. The lowest BCUT2D eigenvalue weighted by Crippen LogP contribution is -2.35. The molecule has 1 aromatic carbocycles. The predicted molar refractivity (Wildman–Crippen MR) is 82.1 cm³/mol. The molecule has 0 atom stereocenters. The molecule has 110 valence electrons. The Morgan fingerprint density at radius 3 is 2.65 bits per heavy atom. The molecular formula is C16H24N2O2. The van der Waals surface area contributed by atoms with Gasteiger partial charge in [-0.25, -0.2) is 4.79 Å². The topological polar surface area (TPSA) is 55.6 Å². The summed E-state index contributed by atoms with van der Waals surface area (Å²) in [7, 11) is 0. The number of nitrogens with two attached hydrogens (primary N) is 1. The first-order valence-electron chi connectivity index (χ1n) is 7.51. The molecule has 0 bridgehead atoms. The summed E-state index contributed by atoms with van der Waals surface area (Å²) in [5.41, 5.74) is 8.24. The van der Waals surface area contributed by atoms with Crippen LogP contribution in [0.25, 0.3) is 0 Å². The van der Waals surface area contributed by atoms with E-state index in [4.69, 9.17) is 10.5 Å². The van der Waals surface area contributed by atoms with E-state index in [-0.39, 0.29) is 5.97 Å². The van der Waals surface area contributed by atoms with Crippen LogP contribution in [-0.2, 0) is 4.74 Å². The number of hydrogen-bond donors (Lipinski definition) is 1. The zero-order valence-electron chi connectivity index (χ0n) is 12.4. The van der Waals surface area contributed by atoms with Gasteiger partial charge in [0, 0.05) is 12.6 Å². The molecule has 1 fully saturated rings. The molecule has 0 aromatic heterocycles.